The summed E-state index contributed by atoms with van der Waals surface area (Å²) in [5.41, 5.74) is 0.172. The number of amides is 1. The minimum absolute atomic E-state index is 0.113. The number of carbonyl (C=O) groups excluding carboxylic acids is 1. The van der Waals surface area contributed by atoms with Crippen LogP contribution in [0.2, 0.25) is 0 Å². The van der Waals surface area contributed by atoms with Crippen LogP contribution in [-0.4, -0.2) is 47.5 Å². The van der Waals surface area contributed by atoms with E-state index in [1.54, 1.807) is 0 Å². The number of hydrogen-bond donors (Lipinski definition) is 0. The van der Waals surface area contributed by atoms with Gasteiger partial charge in [-0.2, -0.15) is 0 Å². The van der Waals surface area contributed by atoms with Crippen molar-refractivity contribution in [2.45, 2.75) is 91.1 Å². The zero-order chi connectivity index (χ0) is 18.3. The first-order valence-corrected chi connectivity index (χ1v) is 8.85. The molecule has 2 aliphatic rings. The Bertz CT molecular complexity index is 506. The van der Waals surface area contributed by atoms with Gasteiger partial charge in [-0.3, -0.25) is 0 Å². The minimum Gasteiger partial charge on any atom is -0.444 e. The zero-order valence-electron chi connectivity index (χ0n) is 16.4. The van der Waals surface area contributed by atoms with Crippen LogP contribution in [0.5, 0.6) is 0 Å². The Morgan fingerprint density at radius 1 is 1.25 bits per heavy atom. The molecule has 5 nitrogen and oxygen atoms in total. The summed E-state index contributed by atoms with van der Waals surface area (Å²) in [7, 11) is -0.315. The van der Waals surface area contributed by atoms with Crippen molar-refractivity contribution in [3.63, 3.8) is 0 Å². The topological polar surface area (TPSA) is 48.0 Å². The Kier molecular flexibility index (Phi) is 5.13. The van der Waals surface area contributed by atoms with Crippen LogP contribution in [0.1, 0.15) is 68.2 Å². The average molecular weight is 337 g/mol. The maximum absolute atomic E-state index is 12.3. The molecule has 0 aliphatic carbocycles. The van der Waals surface area contributed by atoms with Crippen LogP contribution in [0.25, 0.3) is 0 Å². The molecule has 2 saturated heterocycles. The fraction of sp³-hybridized carbons (Fsp3) is 0.833. The fourth-order valence-electron chi connectivity index (χ4n) is 2.97. The van der Waals surface area contributed by atoms with Crippen LogP contribution < -0.4 is 0 Å². The van der Waals surface area contributed by atoms with Crippen LogP contribution in [0, 0.1) is 0 Å². The quantitative estimate of drug-likeness (QED) is 0.680. The van der Waals surface area contributed by atoms with Gasteiger partial charge in [-0.05, 0) is 68.2 Å². The van der Waals surface area contributed by atoms with Crippen molar-refractivity contribution in [2.75, 3.05) is 6.54 Å². The standard InChI is InChI=1S/C18H32BNO4/c1-13-11-14(9-10-20(13)15(21)22-16(2,3)4)12-19-23-17(5,6)18(7,8)24-19/h12-13H,9-11H2,1-8H3. The summed E-state index contributed by atoms with van der Waals surface area (Å²) in [4.78, 5) is 14.1. The first-order valence-electron chi connectivity index (χ1n) is 8.85. The zero-order valence-corrected chi connectivity index (χ0v) is 16.4. The van der Waals surface area contributed by atoms with Crippen molar-refractivity contribution < 1.29 is 18.8 Å². The maximum Gasteiger partial charge on any atom is 0.487 e. The van der Waals surface area contributed by atoms with E-state index in [-0.39, 0.29) is 30.5 Å². The average Bonchev–Trinajstić information content (AvgIpc) is 2.54. The summed E-state index contributed by atoms with van der Waals surface area (Å²) in [6.07, 6.45) is 1.42. The predicted octanol–water partition coefficient (Wildman–Crippen LogP) is 3.96. The summed E-state index contributed by atoms with van der Waals surface area (Å²) in [6, 6.07) is 0.113. The molecule has 2 fully saturated rings. The second kappa shape index (κ2) is 6.38. The molecule has 0 saturated carbocycles. The molecule has 1 amide bonds. The lowest BCUT2D eigenvalue weighted by molar-refractivity contribution is 0.00578. The number of carbonyl (C=O) groups is 1. The van der Waals surface area contributed by atoms with Gasteiger partial charge in [-0.1, -0.05) is 11.5 Å². The van der Waals surface area contributed by atoms with E-state index in [1.807, 2.05) is 25.7 Å². The molecule has 0 aromatic rings. The van der Waals surface area contributed by atoms with E-state index in [9.17, 15) is 4.79 Å². The molecule has 1 atom stereocenters. The normalized spacial score (nSPS) is 28.3. The van der Waals surface area contributed by atoms with Crippen LogP contribution in [0.4, 0.5) is 4.79 Å². The summed E-state index contributed by atoms with van der Waals surface area (Å²) in [6.45, 7) is 16.6. The van der Waals surface area contributed by atoms with Crippen LogP contribution >= 0.6 is 0 Å². The molecule has 1 unspecified atom stereocenters. The van der Waals surface area contributed by atoms with Gasteiger partial charge in [0.1, 0.15) is 5.60 Å². The molecule has 136 valence electrons. The third kappa shape index (κ3) is 4.34. The summed E-state index contributed by atoms with van der Waals surface area (Å²) in [5, 5.41) is 0. The molecule has 2 rings (SSSR count). The lowest BCUT2D eigenvalue weighted by Crippen LogP contribution is -2.45. The van der Waals surface area contributed by atoms with Gasteiger partial charge >= 0.3 is 13.2 Å². The van der Waals surface area contributed by atoms with Gasteiger partial charge in [0, 0.05) is 12.6 Å². The molecule has 0 radical (unpaired) electrons. The monoisotopic (exact) mass is 337 g/mol. The number of piperidine rings is 1. The molecular formula is C18H32BNO4. The smallest absolute Gasteiger partial charge is 0.444 e. The van der Waals surface area contributed by atoms with E-state index >= 15 is 0 Å². The van der Waals surface area contributed by atoms with Gasteiger partial charge in [-0.25, -0.2) is 4.79 Å². The Balaban J connectivity index is 1.97. The maximum atomic E-state index is 12.3. The lowest BCUT2D eigenvalue weighted by atomic mass is 9.83. The molecule has 6 heteroatoms. The number of likely N-dealkylation sites (tertiary alicyclic amines) is 1. The number of rotatable bonds is 1. The summed E-state index contributed by atoms with van der Waals surface area (Å²) in [5.74, 6) is 2.08. The van der Waals surface area contributed by atoms with Gasteiger partial charge in [0.2, 0.25) is 0 Å². The van der Waals surface area contributed by atoms with Crippen LogP contribution in [0.15, 0.2) is 11.5 Å². The molecule has 24 heavy (non-hydrogen) atoms. The number of ether oxygens (including phenoxy) is 1. The highest BCUT2D eigenvalue weighted by atomic mass is 16.7. The Morgan fingerprint density at radius 2 is 1.79 bits per heavy atom. The van der Waals surface area contributed by atoms with Crippen molar-refractivity contribution in [3.8, 4) is 0 Å². The van der Waals surface area contributed by atoms with Crippen molar-refractivity contribution >= 4 is 13.2 Å². The van der Waals surface area contributed by atoms with Gasteiger partial charge in [-0.15, -0.1) is 0 Å². The first kappa shape index (κ1) is 19.3. The van der Waals surface area contributed by atoms with Gasteiger partial charge in [0.15, 0.2) is 0 Å². The summed E-state index contributed by atoms with van der Waals surface area (Å²) >= 11 is 0. The summed E-state index contributed by atoms with van der Waals surface area (Å²) < 4.78 is 17.6. The van der Waals surface area contributed by atoms with Gasteiger partial charge in [0.25, 0.3) is 0 Å². The van der Waals surface area contributed by atoms with Crippen molar-refractivity contribution in [1.82, 2.24) is 4.90 Å². The van der Waals surface area contributed by atoms with E-state index in [1.165, 1.54) is 5.57 Å². The SMILES string of the molecule is CC1CC(=CB2OC(C)(C)C(C)(C)O2)CCN1C(=O)OC(C)(C)C. The second-order valence-electron chi connectivity index (χ2n) is 8.93. The van der Waals surface area contributed by atoms with E-state index < -0.39 is 5.60 Å². The molecule has 2 heterocycles. The Labute approximate surface area is 146 Å². The molecule has 0 N–H and O–H groups in total. The molecule has 0 aromatic carbocycles. The van der Waals surface area contributed by atoms with Crippen LogP contribution in [-0.2, 0) is 14.0 Å². The van der Waals surface area contributed by atoms with Gasteiger partial charge in [0.05, 0.1) is 11.2 Å². The van der Waals surface area contributed by atoms with Crippen molar-refractivity contribution in [1.29, 1.82) is 0 Å². The van der Waals surface area contributed by atoms with Crippen LogP contribution in [0.3, 0.4) is 0 Å². The fourth-order valence-corrected chi connectivity index (χ4v) is 2.97. The van der Waals surface area contributed by atoms with Crippen molar-refractivity contribution in [2.24, 2.45) is 0 Å². The predicted molar refractivity (Wildman–Crippen MR) is 95.8 cm³/mol. The van der Waals surface area contributed by atoms with Crippen molar-refractivity contribution in [3.05, 3.63) is 11.5 Å². The third-order valence-electron chi connectivity index (χ3n) is 5.03. The molecule has 2 aliphatic heterocycles. The highest BCUT2D eigenvalue weighted by Gasteiger charge is 2.50. The molecule has 0 bridgehead atoms. The third-order valence-corrected chi connectivity index (χ3v) is 5.03. The van der Waals surface area contributed by atoms with E-state index in [4.69, 9.17) is 14.0 Å². The lowest BCUT2D eigenvalue weighted by Gasteiger charge is -2.36. The molecule has 0 aromatic heterocycles. The Hall–Kier alpha value is -1.01. The molecular weight excluding hydrogens is 305 g/mol. The largest absolute Gasteiger partial charge is 0.487 e. The van der Waals surface area contributed by atoms with E-state index in [0.29, 0.717) is 6.54 Å². The Morgan fingerprint density at radius 3 is 2.25 bits per heavy atom. The van der Waals surface area contributed by atoms with E-state index in [0.717, 1.165) is 12.8 Å². The minimum atomic E-state index is -0.463. The first-order chi connectivity index (χ1) is 10.8. The second-order valence-corrected chi connectivity index (χ2v) is 8.93. The van der Waals surface area contributed by atoms with E-state index in [2.05, 4.69) is 40.6 Å². The molecule has 0 spiro atoms. The highest BCUT2D eigenvalue weighted by Crippen LogP contribution is 2.37. The number of hydrogen-bond acceptors (Lipinski definition) is 4. The van der Waals surface area contributed by atoms with Gasteiger partial charge < -0.3 is 18.9 Å². The highest BCUT2D eigenvalue weighted by molar-refractivity contribution is 6.51. The number of nitrogens with zero attached hydrogens (tertiary/aromatic N) is 1.